The number of hydrogen-bond acceptors (Lipinski definition) is 3. The average molecular weight is 285 g/mol. The van der Waals surface area contributed by atoms with E-state index < -0.39 is 11.5 Å². The van der Waals surface area contributed by atoms with Gasteiger partial charge in [0, 0.05) is 19.6 Å². The van der Waals surface area contributed by atoms with Crippen LogP contribution in [0.3, 0.4) is 0 Å². The van der Waals surface area contributed by atoms with Gasteiger partial charge in [0.15, 0.2) is 0 Å². The van der Waals surface area contributed by atoms with Crippen LogP contribution >= 0.6 is 0 Å². The summed E-state index contributed by atoms with van der Waals surface area (Å²) in [7, 11) is 3.91. The number of hydrogen-bond donors (Lipinski definition) is 2. The molecule has 6 nitrogen and oxygen atoms in total. The second kappa shape index (κ2) is 6.92. The monoisotopic (exact) mass is 285 g/mol. The van der Waals surface area contributed by atoms with E-state index in [1.54, 1.807) is 4.90 Å². The molecule has 0 aromatic heterocycles. The Hall–Kier alpha value is -1.30. The van der Waals surface area contributed by atoms with Crippen molar-refractivity contribution in [2.45, 2.75) is 38.6 Å². The normalized spacial score (nSPS) is 16.9. The van der Waals surface area contributed by atoms with E-state index in [0.717, 1.165) is 13.0 Å². The summed E-state index contributed by atoms with van der Waals surface area (Å²) >= 11 is 0. The van der Waals surface area contributed by atoms with Gasteiger partial charge in [-0.2, -0.15) is 0 Å². The van der Waals surface area contributed by atoms with Crippen LogP contribution < -0.4 is 5.32 Å². The molecule has 20 heavy (non-hydrogen) atoms. The lowest BCUT2D eigenvalue weighted by Gasteiger charge is -2.40. The highest BCUT2D eigenvalue weighted by Crippen LogP contribution is 2.32. The lowest BCUT2D eigenvalue weighted by atomic mass is 9.77. The predicted molar refractivity (Wildman–Crippen MR) is 77.7 cm³/mol. The number of carbonyl (C=O) groups is 2. The molecule has 0 bridgehead atoms. The van der Waals surface area contributed by atoms with Gasteiger partial charge >= 0.3 is 12.0 Å². The summed E-state index contributed by atoms with van der Waals surface area (Å²) in [5.41, 5.74) is -1.04. The van der Waals surface area contributed by atoms with Gasteiger partial charge in [-0.3, -0.25) is 0 Å². The summed E-state index contributed by atoms with van der Waals surface area (Å²) in [6.45, 7) is 6.10. The Morgan fingerprint density at radius 2 is 1.85 bits per heavy atom. The predicted octanol–water partition coefficient (Wildman–Crippen LogP) is 1.22. The molecule has 1 fully saturated rings. The molecular weight excluding hydrogens is 258 g/mol. The van der Waals surface area contributed by atoms with Gasteiger partial charge in [-0.1, -0.05) is 13.8 Å². The fraction of sp³-hybridized carbons (Fsp3) is 0.857. The molecule has 2 amide bonds. The van der Waals surface area contributed by atoms with Crippen molar-refractivity contribution in [2.24, 2.45) is 5.92 Å². The highest BCUT2D eigenvalue weighted by molar-refractivity contribution is 5.87. The summed E-state index contributed by atoms with van der Waals surface area (Å²) in [5, 5.41) is 12.0. The van der Waals surface area contributed by atoms with E-state index in [0.29, 0.717) is 31.8 Å². The smallest absolute Gasteiger partial charge is 0.329 e. The maximum absolute atomic E-state index is 12.3. The standard InChI is InChI=1S/C14H27N3O3/c1-11(2)10-17(9-8-16(3)4)13(20)15-14(12(18)19)6-5-7-14/h11H,5-10H2,1-4H3,(H,15,20)(H,18,19). The van der Waals surface area contributed by atoms with Crippen molar-refractivity contribution < 1.29 is 14.7 Å². The van der Waals surface area contributed by atoms with Crippen LogP contribution in [0.2, 0.25) is 0 Å². The topological polar surface area (TPSA) is 72.9 Å². The van der Waals surface area contributed by atoms with Crippen molar-refractivity contribution in [1.29, 1.82) is 0 Å². The maximum atomic E-state index is 12.3. The zero-order valence-electron chi connectivity index (χ0n) is 13.0. The van der Waals surface area contributed by atoms with Gasteiger partial charge < -0.3 is 20.2 Å². The summed E-state index contributed by atoms with van der Waals surface area (Å²) < 4.78 is 0. The second-order valence-electron chi connectivity index (χ2n) is 6.31. The number of carbonyl (C=O) groups excluding carboxylic acids is 1. The van der Waals surface area contributed by atoms with E-state index in [1.165, 1.54) is 0 Å². The van der Waals surface area contributed by atoms with E-state index >= 15 is 0 Å². The fourth-order valence-electron chi connectivity index (χ4n) is 2.24. The Kier molecular flexibility index (Phi) is 5.80. The number of urea groups is 1. The number of amides is 2. The number of carboxylic acid groups (broad SMARTS) is 1. The van der Waals surface area contributed by atoms with Crippen LogP contribution in [0.15, 0.2) is 0 Å². The molecule has 0 spiro atoms. The highest BCUT2D eigenvalue weighted by Gasteiger charge is 2.46. The minimum Gasteiger partial charge on any atom is -0.480 e. The number of nitrogens with zero attached hydrogens (tertiary/aromatic N) is 2. The molecule has 0 atom stereocenters. The van der Waals surface area contributed by atoms with Gasteiger partial charge in [-0.15, -0.1) is 0 Å². The summed E-state index contributed by atoms with van der Waals surface area (Å²) in [6.07, 6.45) is 1.91. The quantitative estimate of drug-likeness (QED) is 0.738. The van der Waals surface area contributed by atoms with Crippen molar-refractivity contribution in [3.63, 3.8) is 0 Å². The number of carboxylic acids is 1. The van der Waals surface area contributed by atoms with Gasteiger partial charge in [0.2, 0.25) is 0 Å². The highest BCUT2D eigenvalue weighted by atomic mass is 16.4. The van der Waals surface area contributed by atoms with Crippen LogP contribution in [-0.4, -0.2) is 66.2 Å². The third-order valence-electron chi connectivity index (χ3n) is 3.65. The van der Waals surface area contributed by atoms with Crippen LogP contribution in [0.5, 0.6) is 0 Å². The number of nitrogens with one attached hydrogen (secondary N) is 1. The molecule has 6 heteroatoms. The first kappa shape index (κ1) is 16.8. The molecule has 2 N–H and O–H groups in total. The molecule has 1 aliphatic carbocycles. The van der Waals surface area contributed by atoms with Gasteiger partial charge in [0.05, 0.1) is 0 Å². The molecule has 116 valence electrons. The van der Waals surface area contributed by atoms with Crippen LogP contribution in [0.25, 0.3) is 0 Å². The molecule has 1 rings (SSSR count). The van der Waals surface area contributed by atoms with Crippen LogP contribution in [0, 0.1) is 5.92 Å². The summed E-state index contributed by atoms with van der Waals surface area (Å²) in [6, 6.07) is -0.261. The SMILES string of the molecule is CC(C)CN(CCN(C)C)C(=O)NC1(C(=O)O)CCC1. The third kappa shape index (κ3) is 4.37. The molecule has 1 aliphatic rings. The Labute approximate surface area is 121 Å². The summed E-state index contributed by atoms with van der Waals surface area (Å²) in [4.78, 5) is 27.4. The van der Waals surface area contributed by atoms with Gasteiger partial charge in [0.25, 0.3) is 0 Å². The van der Waals surface area contributed by atoms with Gasteiger partial charge in [-0.05, 0) is 39.3 Å². The van der Waals surface area contributed by atoms with Crippen LogP contribution in [0.1, 0.15) is 33.1 Å². The van der Waals surface area contributed by atoms with E-state index in [1.807, 2.05) is 32.8 Å². The second-order valence-corrected chi connectivity index (χ2v) is 6.31. The Morgan fingerprint density at radius 1 is 1.25 bits per heavy atom. The van der Waals surface area contributed by atoms with Gasteiger partial charge in [0.1, 0.15) is 5.54 Å². The minimum atomic E-state index is -1.04. The lowest BCUT2D eigenvalue weighted by molar-refractivity contribution is -0.148. The lowest BCUT2D eigenvalue weighted by Crippen LogP contribution is -2.62. The molecule has 0 radical (unpaired) electrons. The Morgan fingerprint density at radius 3 is 2.20 bits per heavy atom. The van der Waals surface area contributed by atoms with E-state index in [2.05, 4.69) is 5.32 Å². The first-order valence-electron chi connectivity index (χ1n) is 7.22. The molecule has 0 aliphatic heterocycles. The largest absolute Gasteiger partial charge is 0.480 e. The molecule has 0 aromatic rings. The van der Waals surface area contributed by atoms with E-state index in [-0.39, 0.29) is 6.03 Å². The van der Waals surface area contributed by atoms with Crippen molar-refractivity contribution in [3.8, 4) is 0 Å². The molecule has 0 saturated heterocycles. The molecule has 1 saturated carbocycles. The van der Waals surface area contributed by atoms with Crippen LogP contribution in [-0.2, 0) is 4.79 Å². The van der Waals surface area contributed by atoms with Crippen LogP contribution in [0.4, 0.5) is 4.79 Å². The number of aliphatic carboxylic acids is 1. The zero-order valence-corrected chi connectivity index (χ0v) is 13.0. The molecule has 0 unspecified atom stereocenters. The average Bonchev–Trinajstić information content (AvgIpc) is 2.27. The third-order valence-corrected chi connectivity index (χ3v) is 3.65. The number of likely N-dealkylation sites (N-methyl/N-ethyl adjacent to an activating group) is 1. The van der Waals surface area contributed by atoms with E-state index in [9.17, 15) is 14.7 Å². The van der Waals surface area contributed by atoms with Crippen molar-refractivity contribution in [1.82, 2.24) is 15.1 Å². The molecule has 0 aromatic carbocycles. The number of rotatable bonds is 7. The zero-order chi connectivity index (χ0) is 15.3. The van der Waals surface area contributed by atoms with Crippen molar-refractivity contribution in [2.75, 3.05) is 33.7 Å². The maximum Gasteiger partial charge on any atom is 0.329 e. The Balaban J connectivity index is 2.64. The summed E-state index contributed by atoms with van der Waals surface area (Å²) in [5.74, 6) is -0.570. The first-order chi connectivity index (χ1) is 9.27. The molecular formula is C14H27N3O3. The first-order valence-corrected chi connectivity index (χ1v) is 7.22. The Bertz CT molecular complexity index is 352. The van der Waals surface area contributed by atoms with E-state index in [4.69, 9.17) is 0 Å². The van der Waals surface area contributed by atoms with Gasteiger partial charge in [-0.25, -0.2) is 9.59 Å². The fourth-order valence-corrected chi connectivity index (χ4v) is 2.24. The molecule has 0 heterocycles. The van der Waals surface area contributed by atoms with Crippen molar-refractivity contribution >= 4 is 12.0 Å². The van der Waals surface area contributed by atoms with Crippen molar-refractivity contribution in [3.05, 3.63) is 0 Å². The minimum absolute atomic E-state index is 0.261.